The highest BCUT2D eigenvalue weighted by Crippen LogP contribution is 2.60. The van der Waals surface area contributed by atoms with E-state index in [1.54, 1.807) is 0 Å². The van der Waals surface area contributed by atoms with Gasteiger partial charge in [-0.25, -0.2) is 0 Å². The largest absolute Gasteiger partial charge is 0.481 e. The molecule has 0 amide bonds. The van der Waals surface area contributed by atoms with Crippen LogP contribution in [0.4, 0.5) is 0 Å². The highest BCUT2D eigenvalue weighted by molar-refractivity contribution is 5.72. The van der Waals surface area contributed by atoms with Crippen molar-refractivity contribution in [3.8, 4) is 0 Å². The maximum atomic E-state index is 11.4. The first-order chi connectivity index (χ1) is 9.32. The number of aliphatic carboxylic acids is 1. The fourth-order valence-corrected chi connectivity index (χ4v) is 5.15. The third-order valence-electron chi connectivity index (χ3n) is 6.49. The average molecular weight is 276 g/mol. The van der Waals surface area contributed by atoms with Gasteiger partial charge in [-0.3, -0.25) is 4.79 Å². The lowest BCUT2D eigenvalue weighted by atomic mass is 9.62. The van der Waals surface area contributed by atoms with Gasteiger partial charge in [-0.15, -0.1) is 0 Å². The lowest BCUT2D eigenvalue weighted by Crippen LogP contribution is -2.33. The number of carboxylic acid groups (broad SMARTS) is 1. The molecule has 2 fully saturated rings. The second kappa shape index (κ2) is 4.61. The maximum Gasteiger partial charge on any atom is 0.307 e. The highest BCUT2D eigenvalue weighted by Gasteiger charge is 2.53. The van der Waals surface area contributed by atoms with Crippen molar-refractivity contribution in [2.24, 2.45) is 34.5 Å². The van der Waals surface area contributed by atoms with Crippen molar-refractivity contribution in [2.45, 2.75) is 59.3 Å². The molecule has 0 radical (unpaired) electrons. The van der Waals surface area contributed by atoms with Crippen LogP contribution in [0.15, 0.2) is 12.2 Å². The second-order valence-corrected chi connectivity index (χ2v) is 8.52. The van der Waals surface area contributed by atoms with Crippen molar-refractivity contribution in [1.82, 2.24) is 0 Å². The Hall–Kier alpha value is -0.790. The van der Waals surface area contributed by atoms with E-state index in [9.17, 15) is 9.90 Å². The molecule has 0 aromatic heterocycles. The molecule has 2 saturated carbocycles. The fourth-order valence-electron chi connectivity index (χ4n) is 5.15. The van der Waals surface area contributed by atoms with E-state index >= 15 is 0 Å². The van der Waals surface area contributed by atoms with E-state index in [0.717, 1.165) is 24.7 Å². The molecule has 0 heterocycles. The van der Waals surface area contributed by atoms with E-state index < -0.39 is 5.97 Å². The Bertz CT molecular complexity index is 423. The first-order valence-corrected chi connectivity index (χ1v) is 8.24. The zero-order valence-corrected chi connectivity index (χ0v) is 13.1. The molecule has 112 valence electrons. The van der Waals surface area contributed by atoms with E-state index in [-0.39, 0.29) is 11.3 Å². The van der Waals surface area contributed by atoms with Gasteiger partial charge in [0.2, 0.25) is 0 Å². The summed E-state index contributed by atoms with van der Waals surface area (Å²) in [5.74, 6) is 1.19. The van der Waals surface area contributed by atoms with Gasteiger partial charge in [-0.2, -0.15) is 0 Å². The summed E-state index contributed by atoms with van der Waals surface area (Å²) in [6.07, 6.45) is 11.8. The van der Waals surface area contributed by atoms with Crippen molar-refractivity contribution in [2.75, 3.05) is 0 Å². The minimum Gasteiger partial charge on any atom is -0.481 e. The van der Waals surface area contributed by atoms with Gasteiger partial charge >= 0.3 is 5.97 Å². The van der Waals surface area contributed by atoms with E-state index in [2.05, 4.69) is 32.9 Å². The van der Waals surface area contributed by atoms with Gasteiger partial charge in [0.25, 0.3) is 0 Å². The van der Waals surface area contributed by atoms with Crippen molar-refractivity contribution in [3.63, 3.8) is 0 Å². The molecule has 2 heteroatoms. The third kappa shape index (κ3) is 2.21. The Morgan fingerprint density at radius 3 is 2.30 bits per heavy atom. The van der Waals surface area contributed by atoms with Crippen LogP contribution in [0.25, 0.3) is 0 Å². The van der Waals surface area contributed by atoms with Gasteiger partial charge in [0.1, 0.15) is 0 Å². The van der Waals surface area contributed by atoms with Crippen LogP contribution in [0, 0.1) is 34.5 Å². The molecule has 3 atom stereocenters. The first kappa shape index (κ1) is 14.2. The SMILES string of the molecule is CC(C)(C)C1CCC(C23C=CC(C2)C(C(=O)O)C3)CC1. The number of carboxylic acids is 1. The zero-order valence-electron chi connectivity index (χ0n) is 13.1. The zero-order chi connectivity index (χ0) is 14.5. The summed E-state index contributed by atoms with van der Waals surface area (Å²) in [5, 5.41) is 9.36. The number of rotatable bonds is 2. The molecule has 3 aliphatic rings. The van der Waals surface area contributed by atoms with Crippen molar-refractivity contribution < 1.29 is 9.90 Å². The predicted molar refractivity (Wildman–Crippen MR) is 80.3 cm³/mol. The van der Waals surface area contributed by atoms with Gasteiger partial charge in [0.15, 0.2) is 0 Å². The van der Waals surface area contributed by atoms with E-state index in [1.165, 1.54) is 25.7 Å². The molecule has 0 aromatic rings. The Morgan fingerprint density at radius 1 is 1.15 bits per heavy atom. The summed E-state index contributed by atoms with van der Waals surface area (Å²) in [4.78, 5) is 11.4. The fraction of sp³-hybridized carbons (Fsp3) is 0.833. The van der Waals surface area contributed by atoms with Crippen LogP contribution >= 0.6 is 0 Å². The number of allylic oxidation sites excluding steroid dienone is 2. The van der Waals surface area contributed by atoms with Crippen LogP contribution in [0.2, 0.25) is 0 Å². The normalized spacial score (nSPS) is 44.0. The second-order valence-electron chi connectivity index (χ2n) is 8.52. The van der Waals surface area contributed by atoms with Crippen LogP contribution in [-0.2, 0) is 4.79 Å². The minimum absolute atomic E-state index is 0.111. The van der Waals surface area contributed by atoms with Gasteiger partial charge in [0.05, 0.1) is 5.92 Å². The quantitative estimate of drug-likeness (QED) is 0.754. The van der Waals surface area contributed by atoms with E-state index in [1.807, 2.05) is 0 Å². The molecule has 20 heavy (non-hydrogen) atoms. The summed E-state index contributed by atoms with van der Waals surface area (Å²) in [5.41, 5.74) is 0.659. The Balaban J connectivity index is 1.68. The number of fused-ring (bicyclic) bond motifs is 2. The van der Waals surface area contributed by atoms with E-state index in [4.69, 9.17) is 0 Å². The molecule has 0 spiro atoms. The van der Waals surface area contributed by atoms with Crippen LogP contribution in [0.1, 0.15) is 59.3 Å². The van der Waals surface area contributed by atoms with Crippen LogP contribution in [0.5, 0.6) is 0 Å². The summed E-state index contributed by atoms with van der Waals surface area (Å²) in [7, 11) is 0. The number of hydrogen-bond acceptors (Lipinski definition) is 1. The van der Waals surface area contributed by atoms with Crippen molar-refractivity contribution in [3.05, 3.63) is 12.2 Å². The molecule has 0 saturated heterocycles. The van der Waals surface area contributed by atoms with E-state index in [0.29, 0.717) is 11.3 Å². The third-order valence-corrected chi connectivity index (χ3v) is 6.49. The molecule has 0 aromatic carbocycles. The van der Waals surface area contributed by atoms with Crippen molar-refractivity contribution >= 4 is 5.97 Å². The minimum atomic E-state index is -0.579. The van der Waals surface area contributed by atoms with Crippen LogP contribution in [-0.4, -0.2) is 11.1 Å². The molecule has 0 aliphatic heterocycles. The van der Waals surface area contributed by atoms with Crippen molar-refractivity contribution in [1.29, 1.82) is 0 Å². The molecule has 1 N–H and O–H groups in total. The van der Waals surface area contributed by atoms with Gasteiger partial charge in [0, 0.05) is 0 Å². The molecule has 3 unspecified atom stereocenters. The Labute approximate surface area is 122 Å². The smallest absolute Gasteiger partial charge is 0.307 e. The van der Waals surface area contributed by atoms with Gasteiger partial charge in [-0.05, 0) is 67.1 Å². The topological polar surface area (TPSA) is 37.3 Å². The molecular weight excluding hydrogens is 248 g/mol. The molecule has 3 rings (SSSR count). The summed E-state index contributed by atoms with van der Waals surface area (Å²) >= 11 is 0. The highest BCUT2D eigenvalue weighted by atomic mass is 16.4. The molecular formula is C18H28O2. The standard InChI is InChI=1S/C18H28O2/c1-17(2,3)13-4-6-14(7-5-13)18-9-8-12(10-18)15(11-18)16(19)20/h8-9,12-15H,4-7,10-11H2,1-3H3,(H,19,20). The predicted octanol–water partition coefficient (Wildman–Crippen LogP) is 4.51. The average Bonchev–Trinajstić information content (AvgIpc) is 2.97. The van der Waals surface area contributed by atoms with Crippen LogP contribution in [0.3, 0.4) is 0 Å². The summed E-state index contributed by atoms with van der Waals surface area (Å²) in [6.45, 7) is 7.08. The monoisotopic (exact) mass is 276 g/mol. The Kier molecular flexibility index (Phi) is 3.26. The number of hydrogen-bond donors (Lipinski definition) is 1. The molecule has 2 nitrogen and oxygen atoms in total. The lowest BCUT2D eigenvalue weighted by Gasteiger charge is -2.43. The van der Waals surface area contributed by atoms with Gasteiger partial charge < -0.3 is 5.11 Å². The summed E-state index contributed by atoms with van der Waals surface area (Å²) in [6, 6.07) is 0. The number of carbonyl (C=O) groups is 1. The molecule has 2 bridgehead atoms. The maximum absolute atomic E-state index is 11.4. The first-order valence-electron chi connectivity index (χ1n) is 8.24. The van der Waals surface area contributed by atoms with Crippen LogP contribution < -0.4 is 0 Å². The summed E-state index contributed by atoms with van der Waals surface area (Å²) < 4.78 is 0. The molecule has 3 aliphatic carbocycles. The van der Waals surface area contributed by atoms with Gasteiger partial charge in [-0.1, -0.05) is 32.9 Å². The Morgan fingerprint density at radius 2 is 1.80 bits per heavy atom. The lowest BCUT2D eigenvalue weighted by molar-refractivity contribution is -0.142.